The van der Waals surface area contributed by atoms with E-state index in [1.54, 1.807) is 11.3 Å². The molecule has 1 aromatic carbocycles. The first-order valence-electron chi connectivity index (χ1n) is 13.4. The Hall–Kier alpha value is -3.04. The molecule has 9 heteroatoms. The van der Waals surface area contributed by atoms with Crippen LogP contribution in [-0.4, -0.2) is 58.8 Å². The fraction of sp³-hybridized carbons (Fsp3) is 0.500. The van der Waals surface area contributed by atoms with E-state index >= 15 is 0 Å². The van der Waals surface area contributed by atoms with E-state index in [-0.39, 0.29) is 6.10 Å². The van der Waals surface area contributed by atoms with Crippen LogP contribution < -0.4 is 19.7 Å². The summed E-state index contributed by atoms with van der Waals surface area (Å²) in [4.78, 5) is 22.5. The van der Waals surface area contributed by atoms with Gasteiger partial charge in [-0.25, -0.2) is 15.0 Å². The molecule has 0 radical (unpaired) electrons. The van der Waals surface area contributed by atoms with Crippen molar-refractivity contribution in [1.82, 2.24) is 25.3 Å². The Kier molecular flexibility index (Phi) is 10.4. The molecule has 200 valence electrons. The van der Waals surface area contributed by atoms with E-state index in [4.69, 9.17) is 29.4 Å². The van der Waals surface area contributed by atoms with Crippen LogP contribution in [0.5, 0.6) is 11.6 Å². The summed E-state index contributed by atoms with van der Waals surface area (Å²) in [7, 11) is 0. The maximum atomic E-state index is 5.93. The number of ether oxygens (including phenoxy) is 2. The molecule has 0 saturated carbocycles. The number of aryl methyl sites for hydroxylation is 1. The zero-order valence-electron chi connectivity index (χ0n) is 23.4. The number of nitrogens with one attached hydrogen (secondary N) is 1. The topological polar surface area (TPSA) is 85.3 Å². The van der Waals surface area contributed by atoms with Crippen molar-refractivity contribution in [2.75, 3.05) is 37.7 Å². The average Bonchev–Trinajstić information content (AvgIpc) is 3.31. The molecule has 8 nitrogen and oxygen atoms in total. The Morgan fingerprint density at radius 1 is 0.973 bits per heavy atom. The number of hydrogen-bond donors (Lipinski definition) is 1. The van der Waals surface area contributed by atoms with Crippen molar-refractivity contribution in [3.63, 3.8) is 0 Å². The highest BCUT2D eigenvalue weighted by Gasteiger charge is 2.22. The third kappa shape index (κ3) is 6.45. The zero-order valence-corrected chi connectivity index (χ0v) is 24.2. The first kappa shape index (κ1) is 28.5. The number of anilines is 1. The molecule has 3 aromatic heterocycles. The average molecular weight is 525 g/mol. The summed E-state index contributed by atoms with van der Waals surface area (Å²) in [6.45, 7) is 20.1. The van der Waals surface area contributed by atoms with E-state index in [1.165, 1.54) is 0 Å². The lowest BCUT2D eigenvalue weighted by Gasteiger charge is -2.27. The highest BCUT2D eigenvalue weighted by Crippen LogP contribution is 2.39. The molecule has 1 aliphatic rings. The van der Waals surface area contributed by atoms with Gasteiger partial charge in [0.25, 0.3) is 0 Å². The lowest BCUT2D eigenvalue weighted by molar-refractivity contribution is 0.242. The summed E-state index contributed by atoms with van der Waals surface area (Å²) in [5, 5.41) is 4.35. The van der Waals surface area contributed by atoms with Crippen molar-refractivity contribution in [3.8, 4) is 23.0 Å². The van der Waals surface area contributed by atoms with Crippen molar-refractivity contribution < 1.29 is 9.47 Å². The van der Waals surface area contributed by atoms with Crippen molar-refractivity contribution in [1.29, 1.82) is 0 Å². The molecule has 37 heavy (non-hydrogen) atoms. The fourth-order valence-corrected chi connectivity index (χ4v) is 5.10. The van der Waals surface area contributed by atoms with Gasteiger partial charge in [-0.05, 0) is 52.0 Å². The first-order valence-corrected chi connectivity index (χ1v) is 14.2. The number of nitrogens with zero attached hydrogens (tertiary/aromatic N) is 5. The van der Waals surface area contributed by atoms with Crippen LogP contribution in [0.15, 0.2) is 24.3 Å². The third-order valence-electron chi connectivity index (χ3n) is 5.48. The van der Waals surface area contributed by atoms with Crippen LogP contribution >= 0.6 is 11.3 Å². The molecule has 4 heterocycles. The number of hydrogen-bond acceptors (Lipinski definition) is 9. The van der Waals surface area contributed by atoms with Crippen molar-refractivity contribution in [2.45, 2.75) is 61.5 Å². The Morgan fingerprint density at radius 3 is 2.27 bits per heavy atom. The number of fused-ring (bicyclic) bond motifs is 3. The minimum atomic E-state index is 0.135. The van der Waals surface area contributed by atoms with E-state index in [9.17, 15) is 0 Å². The normalized spacial score (nSPS) is 13.2. The number of aromatic nitrogens is 4. The number of rotatable bonds is 6. The molecule has 0 aliphatic carbocycles. The van der Waals surface area contributed by atoms with Gasteiger partial charge in [-0.15, -0.1) is 11.3 Å². The summed E-state index contributed by atoms with van der Waals surface area (Å²) in [6.07, 6.45) is 0.135. The highest BCUT2D eigenvalue weighted by atomic mass is 32.1. The van der Waals surface area contributed by atoms with Crippen molar-refractivity contribution >= 4 is 37.7 Å². The molecular weight excluding hydrogens is 484 g/mol. The van der Waals surface area contributed by atoms with Crippen molar-refractivity contribution in [2.24, 2.45) is 0 Å². The van der Waals surface area contributed by atoms with Crippen LogP contribution in [-0.2, 0) is 0 Å². The van der Waals surface area contributed by atoms with Gasteiger partial charge >= 0.3 is 0 Å². The lowest BCUT2D eigenvalue weighted by atomic mass is 10.2. The SMILES string of the molecule is CC.CC.CCOc1nc(N2CCNCC2)nc2c1sc1nc(-c3ccc(OC(C)C)cc3)nc(C)c12. The van der Waals surface area contributed by atoms with Crippen LogP contribution in [0.4, 0.5) is 5.95 Å². The van der Waals surface area contributed by atoms with Gasteiger partial charge in [0.05, 0.1) is 23.8 Å². The summed E-state index contributed by atoms with van der Waals surface area (Å²) >= 11 is 1.56. The molecule has 0 atom stereocenters. The molecule has 1 saturated heterocycles. The molecule has 0 bridgehead atoms. The number of benzene rings is 1. The maximum absolute atomic E-state index is 5.93. The molecule has 0 spiro atoms. The van der Waals surface area contributed by atoms with Gasteiger partial charge in [-0.2, -0.15) is 4.98 Å². The zero-order chi connectivity index (χ0) is 26.9. The van der Waals surface area contributed by atoms with Gasteiger partial charge in [0.2, 0.25) is 11.8 Å². The fourth-order valence-electron chi connectivity index (χ4n) is 3.99. The molecule has 0 amide bonds. The Labute approximate surface area is 224 Å². The summed E-state index contributed by atoms with van der Waals surface area (Å²) < 4.78 is 12.6. The second-order valence-corrected chi connectivity index (χ2v) is 9.28. The smallest absolute Gasteiger partial charge is 0.236 e. The van der Waals surface area contributed by atoms with Gasteiger partial charge in [0.15, 0.2) is 5.82 Å². The van der Waals surface area contributed by atoms with Gasteiger partial charge in [0.1, 0.15) is 20.8 Å². The van der Waals surface area contributed by atoms with Crippen LogP contribution in [0.3, 0.4) is 0 Å². The van der Waals surface area contributed by atoms with E-state index in [0.29, 0.717) is 24.3 Å². The Bertz CT molecular complexity index is 1280. The molecule has 1 N–H and O–H groups in total. The quantitative estimate of drug-likeness (QED) is 0.316. The minimum Gasteiger partial charge on any atom is -0.491 e. The van der Waals surface area contributed by atoms with E-state index in [0.717, 1.165) is 63.6 Å². The Balaban J connectivity index is 0.000000907. The van der Waals surface area contributed by atoms with Crippen LogP contribution in [0.25, 0.3) is 31.8 Å². The number of piperazine rings is 1. The summed E-state index contributed by atoms with van der Waals surface area (Å²) in [5.41, 5.74) is 2.72. The van der Waals surface area contributed by atoms with Gasteiger partial charge in [0, 0.05) is 31.7 Å². The van der Waals surface area contributed by atoms with Crippen LogP contribution in [0.2, 0.25) is 0 Å². The molecule has 5 rings (SSSR count). The third-order valence-corrected chi connectivity index (χ3v) is 6.54. The second kappa shape index (κ2) is 13.5. The predicted molar refractivity (Wildman–Crippen MR) is 155 cm³/mol. The largest absolute Gasteiger partial charge is 0.491 e. The van der Waals surface area contributed by atoms with Gasteiger partial charge in [-0.1, -0.05) is 27.7 Å². The van der Waals surface area contributed by atoms with Crippen molar-refractivity contribution in [3.05, 3.63) is 30.0 Å². The molecular formula is C28H40N6O2S. The maximum Gasteiger partial charge on any atom is 0.236 e. The molecule has 4 aromatic rings. The molecule has 1 aliphatic heterocycles. The van der Waals surface area contributed by atoms with Crippen LogP contribution in [0, 0.1) is 6.92 Å². The van der Waals surface area contributed by atoms with E-state index in [2.05, 4.69) is 10.2 Å². The van der Waals surface area contributed by atoms with Gasteiger partial charge in [-0.3, -0.25) is 0 Å². The van der Waals surface area contributed by atoms with E-state index < -0.39 is 0 Å². The summed E-state index contributed by atoms with van der Waals surface area (Å²) in [5.74, 6) is 2.85. The predicted octanol–water partition coefficient (Wildman–Crippen LogP) is 6.26. The van der Waals surface area contributed by atoms with E-state index in [1.807, 2.05) is 79.7 Å². The Morgan fingerprint density at radius 2 is 1.65 bits per heavy atom. The molecule has 0 unspecified atom stereocenters. The van der Waals surface area contributed by atoms with Gasteiger partial charge < -0.3 is 19.7 Å². The molecule has 1 fully saturated rings. The summed E-state index contributed by atoms with van der Waals surface area (Å²) in [6, 6.07) is 7.92. The van der Waals surface area contributed by atoms with Crippen LogP contribution in [0.1, 0.15) is 54.2 Å². The monoisotopic (exact) mass is 524 g/mol. The standard InChI is InChI=1S/C24H28N6O2S.2C2H6/c1-5-31-22-20-19(27-24(29-22)30-12-10-25-11-13-30)18-15(4)26-21(28-23(18)33-20)16-6-8-17(9-7-16)32-14(2)3;2*1-2/h6-9,14,25H,5,10-13H2,1-4H3;2*1-2H3. The minimum absolute atomic E-state index is 0.135. The lowest BCUT2D eigenvalue weighted by Crippen LogP contribution is -2.44. The second-order valence-electron chi connectivity index (χ2n) is 8.28. The first-order chi connectivity index (χ1) is 18.0. The number of thiophene rings is 1. The highest BCUT2D eigenvalue weighted by molar-refractivity contribution is 7.25.